The van der Waals surface area contributed by atoms with Crippen molar-refractivity contribution in [2.75, 3.05) is 0 Å². The summed E-state index contributed by atoms with van der Waals surface area (Å²) in [6, 6.07) is 9.83. The van der Waals surface area contributed by atoms with Gasteiger partial charge in [0.15, 0.2) is 0 Å². The van der Waals surface area contributed by atoms with E-state index in [1.54, 1.807) is 0 Å². The van der Waals surface area contributed by atoms with Gasteiger partial charge in [-0.3, -0.25) is 10.1 Å². The summed E-state index contributed by atoms with van der Waals surface area (Å²) in [7, 11) is 0. The lowest BCUT2D eigenvalue weighted by molar-refractivity contribution is -0.402. The van der Waals surface area contributed by atoms with Crippen LogP contribution in [0.5, 0.6) is 0 Å². The number of benzene rings is 1. The third-order valence-electron chi connectivity index (χ3n) is 1.37. The first kappa shape index (κ1) is 9.80. The molecular formula is C9H9NO2S. The highest BCUT2D eigenvalue weighted by atomic mass is 32.2. The van der Waals surface area contributed by atoms with Crippen LogP contribution in [-0.4, -0.2) is 4.92 Å². The highest BCUT2D eigenvalue weighted by Crippen LogP contribution is 2.12. The lowest BCUT2D eigenvalue weighted by atomic mass is 10.2. The minimum atomic E-state index is -0.460. The molecule has 0 aliphatic rings. The van der Waals surface area contributed by atoms with Crippen LogP contribution in [-0.2, 0) is 5.75 Å². The van der Waals surface area contributed by atoms with E-state index < -0.39 is 4.92 Å². The normalized spacial score (nSPS) is 10.5. The van der Waals surface area contributed by atoms with E-state index in [4.69, 9.17) is 0 Å². The van der Waals surface area contributed by atoms with E-state index in [0.717, 1.165) is 12.0 Å². The molecule has 0 N–H and O–H groups in total. The molecule has 0 saturated heterocycles. The Morgan fingerprint density at radius 2 is 2.08 bits per heavy atom. The molecule has 0 aromatic heterocycles. The van der Waals surface area contributed by atoms with Gasteiger partial charge < -0.3 is 0 Å². The first-order valence-electron chi connectivity index (χ1n) is 3.75. The quantitative estimate of drug-likeness (QED) is 0.548. The summed E-state index contributed by atoms with van der Waals surface area (Å²) in [6.07, 6.45) is 0.952. The molecule has 1 aromatic carbocycles. The number of rotatable bonds is 4. The molecule has 0 spiro atoms. The molecule has 0 heterocycles. The van der Waals surface area contributed by atoms with Gasteiger partial charge in [-0.25, -0.2) is 0 Å². The predicted molar refractivity (Wildman–Crippen MR) is 53.9 cm³/mol. The van der Waals surface area contributed by atoms with Crippen molar-refractivity contribution in [3.63, 3.8) is 0 Å². The Kier molecular flexibility index (Phi) is 4.05. The van der Waals surface area contributed by atoms with Crippen LogP contribution in [0, 0.1) is 10.1 Å². The fourth-order valence-corrected chi connectivity index (χ4v) is 1.48. The van der Waals surface area contributed by atoms with Crippen LogP contribution in [0.2, 0.25) is 0 Å². The molecular weight excluding hydrogens is 186 g/mol. The molecule has 0 amide bonds. The lowest BCUT2D eigenvalue weighted by Gasteiger charge is -1.94. The number of hydrogen-bond donors (Lipinski definition) is 0. The van der Waals surface area contributed by atoms with Gasteiger partial charge in [0.05, 0.1) is 4.92 Å². The van der Waals surface area contributed by atoms with Gasteiger partial charge in [-0.15, -0.1) is 11.8 Å². The summed E-state index contributed by atoms with van der Waals surface area (Å²) < 4.78 is 0. The zero-order valence-corrected chi connectivity index (χ0v) is 7.74. The molecule has 0 saturated carbocycles. The van der Waals surface area contributed by atoms with Crippen molar-refractivity contribution < 1.29 is 4.92 Å². The van der Waals surface area contributed by atoms with Crippen molar-refractivity contribution in [2.24, 2.45) is 0 Å². The Hall–Kier alpha value is -1.29. The minimum absolute atomic E-state index is 0.460. The fourth-order valence-electron chi connectivity index (χ4n) is 0.811. The molecule has 1 rings (SSSR count). The van der Waals surface area contributed by atoms with Crippen LogP contribution in [0.4, 0.5) is 0 Å². The van der Waals surface area contributed by atoms with E-state index in [9.17, 15) is 10.1 Å². The van der Waals surface area contributed by atoms with Gasteiger partial charge in [-0.1, -0.05) is 30.3 Å². The maximum absolute atomic E-state index is 9.92. The van der Waals surface area contributed by atoms with Crippen LogP contribution >= 0.6 is 11.8 Å². The van der Waals surface area contributed by atoms with Crippen LogP contribution in [0.3, 0.4) is 0 Å². The van der Waals surface area contributed by atoms with E-state index in [1.165, 1.54) is 22.7 Å². The third-order valence-corrected chi connectivity index (χ3v) is 2.19. The number of nitrogens with zero attached hydrogens (tertiary/aromatic N) is 1. The second-order valence-corrected chi connectivity index (χ2v) is 3.26. The molecule has 0 radical (unpaired) electrons. The SMILES string of the molecule is O=[N+]([O-])C=CSCc1ccccc1. The zero-order valence-electron chi connectivity index (χ0n) is 6.92. The molecule has 0 aliphatic carbocycles. The average molecular weight is 195 g/mol. The maximum atomic E-state index is 9.92. The molecule has 13 heavy (non-hydrogen) atoms. The lowest BCUT2D eigenvalue weighted by Crippen LogP contribution is -1.81. The number of nitro groups is 1. The molecule has 0 unspecified atom stereocenters. The molecule has 0 atom stereocenters. The summed E-state index contributed by atoms with van der Waals surface area (Å²) in [4.78, 5) is 9.46. The van der Waals surface area contributed by atoms with Crippen LogP contribution in [0.1, 0.15) is 5.56 Å². The van der Waals surface area contributed by atoms with E-state index in [0.29, 0.717) is 0 Å². The smallest absolute Gasteiger partial charge is 0.240 e. The third kappa shape index (κ3) is 4.32. The second kappa shape index (κ2) is 5.37. The van der Waals surface area contributed by atoms with Gasteiger partial charge in [0.2, 0.25) is 6.20 Å². The predicted octanol–water partition coefficient (Wildman–Crippen LogP) is 2.67. The average Bonchev–Trinajstić information content (AvgIpc) is 2.14. The molecule has 4 heteroatoms. The molecule has 3 nitrogen and oxygen atoms in total. The summed E-state index contributed by atoms with van der Waals surface area (Å²) in [5.41, 5.74) is 1.17. The van der Waals surface area contributed by atoms with Crippen LogP contribution < -0.4 is 0 Å². The van der Waals surface area contributed by atoms with Crippen molar-refractivity contribution in [1.82, 2.24) is 0 Å². The summed E-state index contributed by atoms with van der Waals surface area (Å²) in [6.45, 7) is 0. The van der Waals surface area contributed by atoms with E-state index in [-0.39, 0.29) is 0 Å². The summed E-state index contributed by atoms with van der Waals surface area (Å²) in [5, 5.41) is 11.4. The van der Waals surface area contributed by atoms with E-state index in [1.807, 2.05) is 30.3 Å². The first-order chi connectivity index (χ1) is 6.29. The van der Waals surface area contributed by atoms with Gasteiger partial charge in [-0.2, -0.15) is 0 Å². The van der Waals surface area contributed by atoms with E-state index in [2.05, 4.69) is 0 Å². The first-order valence-corrected chi connectivity index (χ1v) is 4.79. The van der Waals surface area contributed by atoms with Gasteiger partial charge in [0.1, 0.15) is 0 Å². The molecule has 0 aliphatic heterocycles. The fraction of sp³-hybridized carbons (Fsp3) is 0.111. The van der Waals surface area contributed by atoms with Crippen molar-refractivity contribution in [3.8, 4) is 0 Å². The topological polar surface area (TPSA) is 43.1 Å². The van der Waals surface area contributed by atoms with Gasteiger partial charge in [0.25, 0.3) is 0 Å². The summed E-state index contributed by atoms with van der Waals surface area (Å²) >= 11 is 1.41. The molecule has 68 valence electrons. The zero-order chi connectivity index (χ0) is 9.52. The maximum Gasteiger partial charge on any atom is 0.240 e. The highest BCUT2D eigenvalue weighted by molar-refractivity contribution is 8.01. The largest absolute Gasteiger partial charge is 0.259 e. The Morgan fingerprint density at radius 3 is 2.69 bits per heavy atom. The Labute approximate surface area is 80.6 Å². The van der Waals surface area contributed by atoms with Gasteiger partial charge in [0, 0.05) is 11.2 Å². The van der Waals surface area contributed by atoms with Crippen molar-refractivity contribution in [2.45, 2.75) is 5.75 Å². The van der Waals surface area contributed by atoms with Crippen molar-refractivity contribution in [1.29, 1.82) is 0 Å². The Morgan fingerprint density at radius 1 is 1.38 bits per heavy atom. The number of hydrogen-bond acceptors (Lipinski definition) is 3. The van der Waals surface area contributed by atoms with Crippen molar-refractivity contribution in [3.05, 3.63) is 57.6 Å². The Balaban J connectivity index is 2.32. The summed E-state index contributed by atoms with van der Waals surface area (Å²) in [5.74, 6) is 0.769. The van der Waals surface area contributed by atoms with Crippen molar-refractivity contribution >= 4 is 11.8 Å². The monoisotopic (exact) mass is 195 g/mol. The standard InChI is InChI=1S/C9H9NO2S/c11-10(12)6-7-13-8-9-4-2-1-3-5-9/h1-7H,8H2. The van der Waals surface area contributed by atoms with E-state index >= 15 is 0 Å². The Bertz CT molecular complexity index is 298. The highest BCUT2D eigenvalue weighted by Gasteiger charge is 1.90. The van der Waals surface area contributed by atoms with Crippen LogP contribution in [0.15, 0.2) is 41.9 Å². The van der Waals surface area contributed by atoms with Gasteiger partial charge in [-0.05, 0) is 5.56 Å². The minimum Gasteiger partial charge on any atom is -0.259 e. The van der Waals surface area contributed by atoms with Gasteiger partial charge >= 0.3 is 0 Å². The number of thioether (sulfide) groups is 1. The molecule has 0 bridgehead atoms. The molecule has 1 aromatic rings. The van der Waals surface area contributed by atoms with Crippen LogP contribution in [0.25, 0.3) is 0 Å². The second-order valence-electron chi connectivity index (χ2n) is 2.37. The molecule has 0 fully saturated rings.